The third-order valence-corrected chi connectivity index (χ3v) is 2.57. The lowest BCUT2D eigenvalue weighted by molar-refractivity contribution is 0.480. The second kappa shape index (κ2) is 4.42. The molecule has 0 saturated heterocycles. The monoisotopic (exact) mass is 235 g/mol. The number of phenols is 1. The molecule has 0 saturated carbocycles. The average molecular weight is 235 g/mol. The van der Waals surface area contributed by atoms with Gasteiger partial charge in [-0.2, -0.15) is 0 Å². The third-order valence-electron chi connectivity index (χ3n) is 2.57. The molecule has 0 spiro atoms. The van der Waals surface area contributed by atoms with Gasteiger partial charge in [-0.3, -0.25) is 9.36 Å². The Morgan fingerprint density at radius 3 is 2.82 bits per heavy atom. The van der Waals surface area contributed by atoms with E-state index in [0.29, 0.717) is 18.5 Å². The van der Waals surface area contributed by atoms with Crippen molar-refractivity contribution in [3.8, 4) is 5.75 Å². The molecule has 1 heterocycles. The molecule has 2 aromatic rings. The Balaban J connectivity index is 2.74. The van der Waals surface area contributed by atoms with Crippen LogP contribution in [-0.4, -0.2) is 21.2 Å². The molecule has 0 aliphatic carbocycles. The highest BCUT2D eigenvalue weighted by atomic mass is 16.3. The van der Waals surface area contributed by atoms with Crippen LogP contribution in [0.1, 0.15) is 6.42 Å². The molecule has 4 N–H and O–H groups in total. The molecule has 0 aliphatic rings. The third kappa shape index (κ3) is 1.94. The number of rotatable bonds is 3. The standard InChI is InChI=1S/C11H13N3O3/c12-5-2-6-14-10(16)9-7(13-11(14)17)3-1-4-8(9)15/h1,3-4,15H,2,5-6,12H2,(H,13,17). The van der Waals surface area contributed by atoms with Gasteiger partial charge in [0.2, 0.25) is 0 Å². The van der Waals surface area contributed by atoms with E-state index in [2.05, 4.69) is 4.98 Å². The summed E-state index contributed by atoms with van der Waals surface area (Å²) in [5.41, 5.74) is 4.70. The number of aromatic hydroxyl groups is 1. The van der Waals surface area contributed by atoms with E-state index in [1.54, 1.807) is 12.1 Å². The maximum absolute atomic E-state index is 12.0. The van der Waals surface area contributed by atoms with E-state index in [0.717, 1.165) is 4.57 Å². The normalized spacial score (nSPS) is 10.9. The molecular formula is C11H13N3O3. The minimum absolute atomic E-state index is 0.129. The van der Waals surface area contributed by atoms with Crippen LogP contribution in [0.3, 0.4) is 0 Å². The van der Waals surface area contributed by atoms with Gasteiger partial charge >= 0.3 is 5.69 Å². The summed E-state index contributed by atoms with van der Waals surface area (Å²) in [6.45, 7) is 0.639. The van der Waals surface area contributed by atoms with Gasteiger partial charge in [0.15, 0.2) is 0 Å². The maximum atomic E-state index is 12.0. The van der Waals surface area contributed by atoms with E-state index >= 15 is 0 Å². The molecule has 1 aromatic carbocycles. The lowest BCUT2D eigenvalue weighted by Gasteiger charge is -2.06. The largest absolute Gasteiger partial charge is 0.507 e. The average Bonchev–Trinajstić information content (AvgIpc) is 2.28. The van der Waals surface area contributed by atoms with Crippen LogP contribution in [0.4, 0.5) is 0 Å². The summed E-state index contributed by atoms with van der Waals surface area (Å²) in [4.78, 5) is 26.2. The lowest BCUT2D eigenvalue weighted by Crippen LogP contribution is -2.35. The summed E-state index contributed by atoms with van der Waals surface area (Å²) in [7, 11) is 0. The molecule has 90 valence electrons. The molecule has 1 aromatic heterocycles. The Hall–Kier alpha value is -2.08. The molecule has 0 fully saturated rings. The summed E-state index contributed by atoms with van der Waals surface area (Å²) in [6, 6.07) is 4.55. The summed E-state index contributed by atoms with van der Waals surface area (Å²) in [5.74, 6) is -0.134. The molecular weight excluding hydrogens is 222 g/mol. The van der Waals surface area contributed by atoms with Crippen molar-refractivity contribution in [2.75, 3.05) is 6.54 Å². The molecule has 6 nitrogen and oxygen atoms in total. The number of hydrogen-bond acceptors (Lipinski definition) is 4. The van der Waals surface area contributed by atoms with E-state index in [1.165, 1.54) is 6.07 Å². The number of nitrogens with zero attached hydrogens (tertiary/aromatic N) is 1. The SMILES string of the molecule is NCCCn1c(=O)[nH]c2cccc(O)c2c1=O. The molecule has 0 unspecified atom stereocenters. The van der Waals surface area contributed by atoms with Crippen LogP contribution < -0.4 is 17.0 Å². The van der Waals surface area contributed by atoms with Crippen LogP contribution in [0, 0.1) is 0 Å². The van der Waals surface area contributed by atoms with Crippen LogP contribution in [0.5, 0.6) is 5.75 Å². The summed E-state index contributed by atoms with van der Waals surface area (Å²) in [5, 5.41) is 9.76. The highest BCUT2D eigenvalue weighted by molar-refractivity contribution is 5.83. The van der Waals surface area contributed by atoms with Crippen LogP contribution in [0.25, 0.3) is 10.9 Å². The number of aromatic nitrogens is 2. The summed E-state index contributed by atoms with van der Waals surface area (Å²) in [6.07, 6.45) is 0.530. The van der Waals surface area contributed by atoms with Crippen molar-refractivity contribution in [3.05, 3.63) is 39.0 Å². The van der Waals surface area contributed by atoms with Crippen molar-refractivity contribution < 1.29 is 5.11 Å². The lowest BCUT2D eigenvalue weighted by atomic mass is 10.2. The molecule has 2 rings (SSSR count). The topological polar surface area (TPSA) is 101 Å². The Bertz CT molecular complexity index is 657. The van der Waals surface area contributed by atoms with E-state index < -0.39 is 11.2 Å². The maximum Gasteiger partial charge on any atom is 0.328 e. The van der Waals surface area contributed by atoms with Gasteiger partial charge in [-0.05, 0) is 25.1 Å². The van der Waals surface area contributed by atoms with Crippen molar-refractivity contribution in [3.63, 3.8) is 0 Å². The molecule has 0 radical (unpaired) electrons. The van der Waals surface area contributed by atoms with E-state index in [9.17, 15) is 14.7 Å². The molecule has 0 amide bonds. The predicted octanol–water partition coefficient (Wildman–Crippen LogP) is -0.256. The summed E-state index contributed by atoms with van der Waals surface area (Å²) >= 11 is 0. The first kappa shape index (κ1) is 11.4. The second-order valence-corrected chi connectivity index (χ2v) is 3.73. The van der Waals surface area contributed by atoms with Crippen molar-refractivity contribution in [2.45, 2.75) is 13.0 Å². The van der Waals surface area contributed by atoms with Gasteiger partial charge in [0.1, 0.15) is 11.1 Å². The second-order valence-electron chi connectivity index (χ2n) is 3.73. The number of phenolic OH excluding ortho intramolecular Hbond substituents is 1. The zero-order valence-corrected chi connectivity index (χ0v) is 9.14. The Kier molecular flexibility index (Phi) is 2.97. The van der Waals surface area contributed by atoms with Crippen LogP contribution in [-0.2, 0) is 6.54 Å². The smallest absolute Gasteiger partial charge is 0.328 e. The van der Waals surface area contributed by atoms with Gasteiger partial charge in [0, 0.05) is 6.54 Å². The fourth-order valence-electron chi connectivity index (χ4n) is 1.73. The quantitative estimate of drug-likeness (QED) is 0.682. The minimum atomic E-state index is -0.490. The van der Waals surface area contributed by atoms with Crippen LogP contribution in [0.2, 0.25) is 0 Å². The fourth-order valence-corrected chi connectivity index (χ4v) is 1.73. The van der Waals surface area contributed by atoms with Crippen LogP contribution in [0.15, 0.2) is 27.8 Å². The molecule has 6 heteroatoms. The van der Waals surface area contributed by atoms with Crippen molar-refractivity contribution in [1.82, 2.24) is 9.55 Å². The molecule has 17 heavy (non-hydrogen) atoms. The molecule has 0 aliphatic heterocycles. The van der Waals surface area contributed by atoms with E-state index in [4.69, 9.17) is 5.73 Å². The Morgan fingerprint density at radius 1 is 1.35 bits per heavy atom. The first-order valence-corrected chi connectivity index (χ1v) is 5.30. The zero-order valence-electron chi connectivity index (χ0n) is 9.14. The number of hydrogen-bond donors (Lipinski definition) is 3. The number of H-pyrrole nitrogens is 1. The number of nitrogens with one attached hydrogen (secondary N) is 1. The highest BCUT2D eigenvalue weighted by Crippen LogP contribution is 2.17. The highest BCUT2D eigenvalue weighted by Gasteiger charge is 2.10. The first-order chi connectivity index (χ1) is 8.15. The summed E-state index contributed by atoms with van der Waals surface area (Å²) < 4.78 is 1.05. The molecule has 0 bridgehead atoms. The number of fused-ring (bicyclic) bond motifs is 1. The zero-order chi connectivity index (χ0) is 12.4. The fraction of sp³-hybridized carbons (Fsp3) is 0.273. The number of aromatic amines is 1. The van der Waals surface area contributed by atoms with E-state index in [1.807, 2.05) is 0 Å². The number of nitrogens with two attached hydrogens (primary N) is 1. The first-order valence-electron chi connectivity index (χ1n) is 5.30. The Labute approximate surface area is 96.3 Å². The van der Waals surface area contributed by atoms with Gasteiger partial charge in [0.05, 0.1) is 5.52 Å². The van der Waals surface area contributed by atoms with E-state index in [-0.39, 0.29) is 17.7 Å². The van der Waals surface area contributed by atoms with Crippen molar-refractivity contribution in [1.29, 1.82) is 0 Å². The van der Waals surface area contributed by atoms with Crippen LogP contribution >= 0.6 is 0 Å². The molecule has 0 atom stereocenters. The van der Waals surface area contributed by atoms with Gasteiger partial charge in [-0.15, -0.1) is 0 Å². The van der Waals surface area contributed by atoms with Crippen molar-refractivity contribution in [2.24, 2.45) is 5.73 Å². The Morgan fingerprint density at radius 2 is 2.12 bits per heavy atom. The van der Waals surface area contributed by atoms with Crippen molar-refractivity contribution >= 4 is 10.9 Å². The van der Waals surface area contributed by atoms with Gasteiger partial charge in [-0.1, -0.05) is 6.07 Å². The van der Waals surface area contributed by atoms with Gasteiger partial charge in [-0.25, -0.2) is 4.79 Å². The number of benzene rings is 1. The predicted molar refractivity (Wildman–Crippen MR) is 64.2 cm³/mol. The van der Waals surface area contributed by atoms with Gasteiger partial charge in [0.25, 0.3) is 5.56 Å². The van der Waals surface area contributed by atoms with Gasteiger partial charge < -0.3 is 15.8 Å². The minimum Gasteiger partial charge on any atom is -0.507 e.